The zero-order valence-electron chi connectivity index (χ0n) is 10.6. The minimum Gasteiger partial charge on any atom is -0.475 e. The third kappa shape index (κ3) is 4.10. The SMILES string of the molecule is O=C(COC1CCCC1)NCc1ccc(C(=O)O)o1. The Bertz CT molecular complexity index is 448. The van der Waals surface area contributed by atoms with Crippen molar-refractivity contribution in [2.75, 3.05) is 6.61 Å². The second-order valence-electron chi connectivity index (χ2n) is 4.57. The molecule has 1 heterocycles. The van der Waals surface area contributed by atoms with Crippen molar-refractivity contribution < 1.29 is 23.8 Å². The van der Waals surface area contributed by atoms with Crippen LogP contribution >= 0.6 is 0 Å². The fourth-order valence-electron chi connectivity index (χ4n) is 2.07. The summed E-state index contributed by atoms with van der Waals surface area (Å²) in [4.78, 5) is 22.1. The minimum atomic E-state index is -1.12. The summed E-state index contributed by atoms with van der Waals surface area (Å²) in [5, 5.41) is 11.3. The molecule has 0 spiro atoms. The Morgan fingerprint density at radius 1 is 1.37 bits per heavy atom. The number of aromatic carboxylic acids is 1. The van der Waals surface area contributed by atoms with Gasteiger partial charge in [-0.25, -0.2) is 4.79 Å². The lowest BCUT2D eigenvalue weighted by Crippen LogP contribution is -2.28. The number of carboxylic acids is 1. The van der Waals surface area contributed by atoms with Crippen LogP contribution in [0.3, 0.4) is 0 Å². The van der Waals surface area contributed by atoms with Gasteiger partial charge in [0.1, 0.15) is 12.4 Å². The molecule has 19 heavy (non-hydrogen) atoms. The molecule has 1 saturated carbocycles. The molecule has 1 amide bonds. The van der Waals surface area contributed by atoms with Gasteiger partial charge in [0, 0.05) is 0 Å². The van der Waals surface area contributed by atoms with Crippen molar-refractivity contribution in [1.29, 1.82) is 0 Å². The predicted molar refractivity (Wildman–Crippen MR) is 65.7 cm³/mol. The van der Waals surface area contributed by atoms with Gasteiger partial charge in [0.2, 0.25) is 11.7 Å². The van der Waals surface area contributed by atoms with E-state index in [1.54, 1.807) is 0 Å². The van der Waals surface area contributed by atoms with E-state index >= 15 is 0 Å². The summed E-state index contributed by atoms with van der Waals surface area (Å²) in [6.07, 6.45) is 4.57. The van der Waals surface area contributed by atoms with Gasteiger partial charge < -0.3 is 19.6 Å². The van der Waals surface area contributed by atoms with Gasteiger partial charge in [-0.2, -0.15) is 0 Å². The number of carboxylic acid groups (broad SMARTS) is 1. The van der Waals surface area contributed by atoms with Crippen molar-refractivity contribution in [2.45, 2.75) is 38.3 Å². The van der Waals surface area contributed by atoms with Gasteiger partial charge in [-0.1, -0.05) is 12.8 Å². The number of nitrogens with one attached hydrogen (secondary N) is 1. The first-order valence-corrected chi connectivity index (χ1v) is 6.35. The first kappa shape index (κ1) is 13.6. The second kappa shape index (κ2) is 6.38. The molecule has 0 unspecified atom stereocenters. The molecule has 1 aromatic rings. The summed E-state index contributed by atoms with van der Waals surface area (Å²) in [5.74, 6) is -1.07. The van der Waals surface area contributed by atoms with Crippen LogP contribution < -0.4 is 5.32 Å². The Hall–Kier alpha value is -1.82. The molecule has 104 valence electrons. The Morgan fingerprint density at radius 2 is 2.11 bits per heavy atom. The molecule has 1 aromatic heterocycles. The summed E-state index contributed by atoms with van der Waals surface area (Å²) >= 11 is 0. The smallest absolute Gasteiger partial charge is 0.371 e. The number of ether oxygens (including phenoxy) is 1. The zero-order chi connectivity index (χ0) is 13.7. The van der Waals surface area contributed by atoms with E-state index in [1.165, 1.54) is 12.1 Å². The van der Waals surface area contributed by atoms with Crippen LogP contribution in [0.15, 0.2) is 16.5 Å². The molecule has 0 aromatic carbocycles. The lowest BCUT2D eigenvalue weighted by Gasteiger charge is -2.10. The molecule has 1 fully saturated rings. The summed E-state index contributed by atoms with van der Waals surface area (Å²) in [6, 6.07) is 2.89. The van der Waals surface area contributed by atoms with Gasteiger partial charge in [0.05, 0.1) is 12.6 Å². The molecule has 0 radical (unpaired) electrons. The van der Waals surface area contributed by atoms with Crippen LogP contribution in [-0.4, -0.2) is 29.7 Å². The summed E-state index contributed by atoms with van der Waals surface area (Å²) < 4.78 is 10.5. The van der Waals surface area contributed by atoms with E-state index in [1.807, 2.05) is 0 Å². The van der Waals surface area contributed by atoms with Crippen molar-refractivity contribution in [3.05, 3.63) is 23.7 Å². The van der Waals surface area contributed by atoms with E-state index in [0.717, 1.165) is 25.7 Å². The second-order valence-corrected chi connectivity index (χ2v) is 4.57. The monoisotopic (exact) mass is 267 g/mol. The maximum atomic E-state index is 11.5. The molecule has 2 rings (SSSR count). The first-order chi connectivity index (χ1) is 9.15. The summed E-state index contributed by atoms with van der Waals surface area (Å²) in [5.41, 5.74) is 0. The van der Waals surface area contributed by atoms with Crippen LogP contribution in [0.2, 0.25) is 0 Å². The largest absolute Gasteiger partial charge is 0.475 e. The van der Waals surface area contributed by atoms with Gasteiger partial charge >= 0.3 is 5.97 Å². The summed E-state index contributed by atoms with van der Waals surface area (Å²) in [7, 11) is 0. The Kier molecular flexibility index (Phi) is 4.57. The molecule has 6 nitrogen and oxygen atoms in total. The Morgan fingerprint density at radius 3 is 2.74 bits per heavy atom. The van der Waals surface area contributed by atoms with Crippen LogP contribution in [0, 0.1) is 0 Å². The third-order valence-electron chi connectivity index (χ3n) is 3.08. The lowest BCUT2D eigenvalue weighted by atomic mass is 10.3. The van der Waals surface area contributed by atoms with E-state index in [2.05, 4.69) is 5.32 Å². The highest BCUT2D eigenvalue weighted by Crippen LogP contribution is 2.20. The van der Waals surface area contributed by atoms with Gasteiger partial charge in [-0.15, -0.1) is 0 Å². The van der Waals surface area contributed by atoms with E-state index in [0.29, 0.717) is 5.76 Å². The molecule has 0 aliphatic heterocycles. The molecule has 0 bridgehead atoms. The molecular formula is C13H17NO5. The number of hydrogen-bond acceptors (Lipinski definition) is 4. The number of rotatable bonds is 6. The Balaban J connectivity index is 1.68. The predicted octanol–water partition coefficient (Wildman–Crippen LogP) is 1.55. The molecule has 6 heteroatoms. The van der Waals surface area contributed by atoms with Gasteiger partial charge in [-0.3, -0.25) is 4.79 Å². The van der Waals surface area contributed by atoms with E-state index in [9.17, 15) is 9.59 Å². The van der Waals surface area contributed by atoms with Crippen LogP contribution in [0.4, 0.5) is 0 Å². The average molecular weight is 267 g/mol. The van der Waals surface area contributed by atoms with Crippen molar-refractivity contribution in [3.8, 4) is 0 Å². The van der Waals surface area contributed by atoms with Crippen molar-refractivity contribution in [1.82, 2.24) is 5.32 Å². The average Bonchev–Trinajstić information content (AvgIpc) is 3.05. The quantitative estimate of drug-likeness (QED) is 0.816. The molecule has 1 aliphatic rings. The summed E-state index contributed by atoms with van der Waals surface area (Å²) in [6.45, 7) is 0.206. The highest BCUT2D eigenvalue weighted by Gasteiger charge is 2.16. The third-order valence-corrected chi connectivity index (χ3v) is 3.08. The standard InChI is InChI=1S/C13H17NO5/c15-12(8-18-9-3-1-2-4-9)14-7-10-5-6-11(19-10)13(16)17/h5-6,9H,1-4,7-8H2,(H,14,15)(H,16,17). The number of carbonyl (C=O) groups excluding carboxylic acids is 1. The van der Waals surface area contributed by atoms with Gasteiger partial charge in [0.25, 0.3) is 0 Å². The highest BCUT2D eigenvalue weighted by molar-refractivity contribution is 5.84. The maximum absolute atomic E-state index is 11.5. The van der Waals surface area contributed by atoms with Gasteiger partial charge in [-0.05, 0) is 25.0 Å². The minimum absolute atomic E-state index is 0.0389. The van der Waals surface area contributed by atoms with Crippen LogP contribution in [-0.2, 0) is 16.1 Å². The van der Waals surface area contributed by atoms with Crippen LogP contribution in [0.1, 0.15) is 42.0 Å². The normalized spacial score (nSPS) is 15.6. The molecular weight excluding hydrogens is 250 g/mol. The van der Waals surface area contributed by atoms with E-state index < -0.39 is 5.97 Å². The zero-order valence-corrected chi connectivity index (χ0v) is 10.6. The fraction of sp³-hybridized carbons (Fsp3) is 0.538. The molecule has 0 saturated heterocycles. The molecule has 0 atom stereocenters. The van der Waals surface area contributed by atoms with E-state index in [4.69, 9.17) is 14.3 Å². The maximum Gasteiger partial charge on any atom is 0.371 e. The van der Waals surface area contributed by atoms with Crippen LogP contribution in [0.5, 0.6) is 0 Å². The number of hydrogen-bond donors (Lipinski definition) is 2. The van der Waals surface area contributed by atoms with Crippen molar-refractivity contribution in [3.63, 3.8) is 0 Å². The first-order valence-electron chi connectivity index (χ1n) is 6.35. The number of carbonyl (C=O) groups is 2. The van der Waals surface area contributed by atoms with Crippen molar-refractivity contribution in [2.24, 2.45) is 0 Å². The van der Waals surface area contributed by atoms with Crippen LogP contribution in [0.25, 0.3) is 0 Å². The highest BCUT2D eigenvalue weighted by atomic mass is 16.5. The topological polar surface area (TPSA) is 88.8 Å². The molecule has 2 N–H and O–H groups in total. The number of amides is 1. The number of furan rings is 1. The Labute approximate surface area is 110 Å². The lowest BCUT2D eigenvalue weighted by molar-refractivity contribution is -0.127. The molecule has 1 aliphatic carbocycles. The van der Waals surface area contributed by atoms with Crippen molar-refractivity contribution >= 4 is 11.9 Å². The van der Waals surface area contributed by atoms with Gasteiger partial charge in [0.15, 0.2) is 0 Å². The fourth-order valence-corrected chi connectivity index (χ4v) is 2.07. The van der Waals surface area contributed by atoms with E-state index in [-0.39, 0.29) is 30.9 Å².